The molecular formula is C36H44N4O8S4. The maximum absolute atomic E-state index is 14.3. The van der Waals surface area contributed by atoms with Gasteiger partial charge in [0, 0.05) is 39.3 Å². The fourth-order valence-electron chi connectivity index (χ4n) is 5.72. The molecule has 52 heavy (non-hydrogen) atoms. The third-order valence-electron chi connectivity index (χ3n) is 8.96. The lowest BCUT2D eigenvalue weighted by Crippen LogP contribution is -2.50. The van der Waals surface area contributed by atoms with Gasteiger partial charge < -0.3 is 0 Å². The monoisotopic (exact) mass is 788 g/mol. The highest BCUT2D eigenvalue weighted by molar-refractivity contribution is 7.90. The summed E-state index contributed by atoms with van der Waals surface area (Å²) >= 11 is 0. The first kappa shape index (κ1) is 39.7. The SMILES string of the molecule is Cc1ccc(S(=O)(=O)N2CCCN(S(=O)(=O)c3ccc(C)cc3)CCN(S(=O)(=O)c3ccc(C)cc3)CN(S(=O)(=O)c3ccc(C)cc3)CC2)cc1. The molecule has 4 aromatic carbocycles. The highest BCUT2D eigenvalue weighted by Crippen LogP contribution is 2.25. The van der Waals surface area contributed by atoms with Crippen molar-refractivity contribution in [3.8, 4) is 0 Å². The van der Waals surface area contributed by atoms with E-state index >= 15 is 0 Å². The Morgan fingerprint density at radius 3 is 0.788 bits per heavy atom. The molecule has 0 spiro atoms. The Morgan fingerprint density at radius 2 is 0.538 bits per heavy atom. The van der Waals surface area contributed by atoms with E-state index < -0.39 is 46.8 Å². The van der Waals surface area contributed by atoms with Crippen LogP contribution < -0.4 is 0 Å². The number of hydrogen-bond donors (Lipinski definition) is 0. The lowest BCUT2D eigenvalue weighted by molar-refractivity contribution is 0.242. The second-order valence-corrected chi connectivity index (χ2v) is 20.7. The van der Waals surface area contributed by atoms with Crippen LogP contribution in [0.5, 0.6) is 0 Å². The minimum atomic E-state index is -4.40. The molecule has 4 aromatic rings. The van der Waals surface area contributed by atoms with Gasteiger partial charge in [-0.3, -0.25) is 0 Å². The van der Waals surface area contributed by atoms with Crippen molar-refractivity contribution in [1.29, 1.82) is 0 Å². The quantitative estimate of drug-likeness (QED) is 0.256. The van der Waals surface area contributed by atoms with Crippen molar-refractivity contribution in [2.75, 3.05) is 45.9 Å². The summed E-state index contributed by atoms with van der Waals surface area (Å²) in [6.45, 7) is 4.86. The number of rotatable bonds is 8. The minimum Gasteiger partial charge on any atom is -0.207 e. The van der Waals surface area contributed by atoms with Gasteiger partial charge >= 0.3 is 0 Å². The summed E-state index contributed by atoms with van der Waals surface area (Å²) in [5, 5.41) is 0. The van der Waals surface area contributed by atoms with E-state index in [1.54, 1.807) is 62.4 Å². The van der Waals surface area contributed by atoms with Gasteiger partial charge in [-0.25, -0.2) is 33.7 Å². The normalized spacial score (nSPS) is 17.3. The van der Waals surface area contributed by atoms with Crippen LogP contribution in [-0.4, -0.2) is 96.8 Å². The number of benzene rings is 4. The predicted octanol–water partition coefficient (Wildman–Crippen LogP) is 4.34. The van der Waals surface area contributed by atoms with Gasteiger partial charge in [0.15, 0.2) is 0 Å². The number of nitrogens with zero attached hydrogens (tertiary/aromatic N) is 4. The van der Waals surface area contributed by atoms with E-state index in [1.807, 2.05) is 13.8 Å². The summed E-state index contributed by atoms with van der Waals surface area (Å²) in [7, 11) is -17.2. The molecule has 0 saturated carbocycles. The van der Waals surface area contributed by atoms with Crippen LogP contribution in [0, 0.1) is 27.7 Å². The Bertz CT molecular complexity index is 2130. The van der Waals surface area contributed by atoms with Crippen molar-refractivity contribution in [3.05, 3.63) is 119 Å². The molecule has 0 bridgehead atoms. The summed E-state index contributed by atoms with van der Waals surface area (Å²) in [4.78, 5) is -0.222. The molecule has 1 heterocycles. The first-order valence-corrected chi connectivity index (χ1v) is 22.5. The maximum Gasteiger partial charge on any atom is 0.244 e. The van der Waals surface area contributed by atoms with E-state index in [0.717, 1.165) is 39.5 Å². The van der Waals surface area contributed by atoms with E-state index in [0.29, 0.717) is 0 Å². The fourth-order valence-corrected chi connectivity index (χ4v) is 11.5. The Morgan fingerprint density at radius 1 is 0.327 bits per heavy atom. The lowest BCUT2D eigenvalue weighted by Gasteiger charge is -2.34. The van der Waals surface area contributed by atoms with Crippen LogP contribution in [-0.2, 0) is 40.1 Å². The summed E-state index contributed by atoms with van der Waals surface area (Å²) in [5.74, 6) is 0. The van der Waals surface area contributed by atoms with Gasteiger partial charge in [-0.1, -0.05) is 70.8 Å². The molecule has 0 atom stereocenters. The van der Waals surface area contributed by atoms with Gasteiger partial charge in [0.2, 0.25) is 40.1 Å². The standard InChI is InChI=1S/C36H44N4O8S4/c1-29-6-14-33(15-7-29)49(41,42)37-22-5-23-38(50(43,44)34-16-8-30(2)9-17-34)25-27-40(52(47,48)36-20-12-32(4)13-21-36)28-39(26-24-37)51(45,46)35-18-10-31(3)11-19-35/h6-21H,5,22-28H2,1-4H3. The van der Waals surface area contributed by atoms with Crippen LogP contribution >= 0.6 is 0 Å². The van der Waals surface area contributed by atoms with Crippen molar-refractivity contribution in [2.45, 2.75) is 53.7 Å². The topological polar surface area (TPSA) is 150 Å². The fraction of sp³-hybridized carbons (Fsp3) is 0.333. The van der Waals surface area contributed by atoms with Crippen molar-refractivity contribution in [3.63, 3.8) is 0 Å². The van der Waals surface area contributed by atoms with E-state index in [2.05, 4.69) is 0 Å². The van der Waals surface area contributed by atoms with Crippen molar-refractivity contribution in [1.82, 2.24) is 17.2 Å². The molecule has 1 aliphatic heterocycles. The summed E-state index contributed by atoms with van der Waals surface area (Å²) < 4.78 is 118. The van der Waals surface area contributed by atoms with Gasteiger partial charge in [-0.15, -0.1) is 0 Å². The highest BCUT2D eigenvalue weighted by atomic mass is 32.2. The van der Waals surface area contributed by atoms with Crippen molar-refractivity contribution >= 4 is 40.1 Å². The Hall–Kier alpha value is -3.48. The molecule has 1 saturated heterocycles. The largest absolute Gasteiger partial charge is 0.244 e. The molecule has 1 aliphatic rings. The Kier molecular flexibility index (Phi) is 12.1. The molecule has 0 N–H and O–H groups in total. The van der Waals surface area contributed by atoms with Crippen LogP contribution in [0.2, 0.25) is 0 Å². The molecule has 1 fully saturated rings. The van der Waals surface area contributed by atoms with Gasteiger partial charge in [0.1, 0.15) is 0 Å². The zero-order valence-electron chi connectivity index (χ0n) is 29.6. The predicted molar refractivity (Wildman–Crippen MR) is 200 cm³/mol. The van der Waals surface area contributed by atoms with Gasteiger partial charge in [-0.05, 0) is 82.6 Å². The zero-order chi connectivity index (χ0) is 37.9. The molecule has 0 radical (unpaired) electrons. The number of hydrogen-bond acceptors (Lipinski definition) is 8. The van der Waals surface area contributed by atoms with Crippen LogP contribution in [0.3, 0.4) is 0 Å². The number of sulfonamides is 4. The minimum absolute atomic E-state index is 0.00848. The number of aryl methyl sites for hydroxylation is 4. The third-order valence-corrected chi connectivity index (χ3v) is 16.5. The summed E-state index contributed by atoms with van der Waals surface area (Å²) in [6, 6.07) is 24.6. The van der Waals surface area contributed by atoms with E-state index in [1.165, 1.54) is 48.5 Å². The molecule has 0 amide bonds. The lowest BCUT2D eigenvalue weighted by atomic mass is 10.2. The van der Waals surface area contributed by atoms with Gasteiger partial charge in [0.25, 0.3) is 0 Å². The van der Waals surface area contributed by atoms with Crippen molar-refractivity contribution < 1.29 is 33.7 Å². The van der Waals surface area contributed by atoms with Gasteiger partial charge in [0.05, 0.1) is 26.3 Å². The van der Waals surface area contributed by atoms with Crippen LogP contribution in [0.4, 0.5) is 0 Å². The van der Waals surface area contributed by atoms with E-state index in [-0.39, 0.29) is 65.3 Å². The summed E-state index contributed by atoms with van der Waals surface area (Å²) in [6.07, 6.45) is 0.0472. The average molecular weight is 789 g/mol. The molecule has 0 aliphatic carbocycles. The zero-order valence-corrected chi connectivity index (χ0v) is 32.8. The van der Waals surface area contributed by atoms with Crippen LogP contribution in [0.25, 0.3) is 0 Å². The second kappa shape index (κ2) is 15.9. The third kappa shape index (κ3) is 8.82. The molecule has 5 rings (SSSR count). The van der Waals surface area contributed by atoms with Crippen LogP contribution in [0.1, 0.15) is 28.7 Å². The Labute approximate surface area is 308 Å². The summed E-state index contributed by atoms with van der Waals surface area (Å²) in [5.41, 5.74) is 3.30. The molecule has 16 heteroatoms. The molecule has 280 valence electrons. The van der Waals surface area contributed by atoms with Gasteiger partial charge in [-0.2, -0.15) is 17.2 Å². The smallest absolute Gasteiger partial charge is 0.207 e. The molecule has 0 unspecified atom stereocenters. The van der Waals surface area contributed by atoms with Crippen molar-refractivity contribution in [2.24, 2.45) is 0 Å². The molecule has 0 aromatic heterocycles. The Balaban J connectivity index is 1.64. The highest BCUT2D eigenvalue weighted by Gasteiger charge is 2.36. The molecular weight excluding hydrogens is 745 g/mol. The first-order chi connectivity index (χ1) is 24.4. The maximum atomic E-state index is 14.3. The molecule has 12 nitrogen and oxygen atoms in total. The van der Waals surface area contributed by atoms with E-state index in [9.17, 15) is 33.7 Å². The average Bonchev–Trinajstić information content (AvgIpc) is 3.09. The first-order valence-electron chi connectivity index (χ1n) is 16.7. The van der Waals surface area contributed by atoms with Crippen LogP contribution in [0.15, 0.2) is 117 Å². The second-order valence-electron chi connectivity index (χ2n) is 12.9. The van der Waals surface area contributed by atoms with E-state index in [4.69, 9.17) is 0 Å².